The molecule has 37 heavy (non-hydrogen) atoms. The lowest BCUT2D eigenvalue weighted by Gasteiger charge is -2.36. The number of halogens is 1. The fraction of sp³-hybridized carbons (Fsp3) is 0.519. The Kier molecular flexibility index (Phi) is 8.30. The smallest absolute Gasteiger partial charge is 0.410 e. The maximum absolute atomic E-state index is 12.4. The first-order chi connectivity index (χ1) is 17.4. The van der Waals surface area contributed by atoms with E-state index in [0.29, 0.717) is 24.4 Å². The minimum atomic E-state index is -1.16. The monoisotopic (exact) mass is 587 g/mol. The van der Waals surface area contributed by atoms with Crippen LogP contribution in [0.15, 0.2) is 41.1 Å². The lowest BCUT2D eigenvalue weighted by Crippen LogP contribution is -2.50. The van der Waals surface area contributed by atoms with Crippen LogP contribution in [-0.4, -0.2) is 72.0 Å². The summed E-state index contributed by atoms with van der Waals surface area (Å²) in [4.78, 5) is 25.7. The largest absolute Gasteiger partial charge is 0.444 e. The molecule has 1 fully saturated rings. The van der Waals surface area contributed by atoms with Crippen LogP contribution in [0.2, 0.25) is 25.7 Å². The molecule has 3 aromatic rings. The molecule has 0 atom stereocenters. The van der Waals surface area contributed by atoms with Crippen molar-refractivity contribution in [1.29, 1.82) is 0 Å². The summed E-state index contributed by atoms with van der Waals surface area (Å²) in [6, 6.07) is 11.7. The van der Waals surface area contributed by atoms with Crippen LogP contribution in [0.4, 0.5) is 10.5 Å². The molecule has 0 aliphatic carbocycles. The molecule has 1 saturated heterocycles. The van der Waals surface area contributed by atoms with Gasteiger partial charge in [-0.3, -0.25) is 4.57 Å². The van der Waals surface area contributed by atoms with Crippen LogP contribution in [0.1, 0.15) is 20.8 Å². The number of fused-ring (bicyclic) bond motifs is 1. The first kappa shape index (κ1) is 27.6. The molecule has 0 radical (unpaired) electrons. The molecule has 0 unspecified atom stereocenters. The van der Waals surface area contributed by atoms with Crippen molar-refractivity contribution < 1.29 is 14.3 Å². The fourth-order valence-electron chi connectivity index (χ4n) is 4.22. The van der Waals surface area contributed by atoms with Crippen LogP contribution in [0, 0.1) is 0 Å². The van der Waals surface area contributed by atoms with Crippen LogP contribution < -0.4 is 4.90 Å². The van der Waals surface area contributed by atoms with Crippen molar-refractivity contribution >= 4 is 46.9 Å². The average molecular weight is 589 g/mol. The van der Waals surface area contributed by atoms with Crippen molar-refractivity contribution in [2.24, 2.45) is 0 Å². The van der Waals surface area contributed by atoms with Crippen molar-refractivity contribution in [3.63, 3.8) is 0 Å². The Morgan fingerprint density at radius 1 is 1.08 bits per heavy atom. The minimum absolute atomic E-state index is 0.240. The summed E-state index contributed by atoms with van der Waals surface area (Å²) in [6.45, 7) is 16.8. The van der Waals surface area contributed by atoms with E-state index in [2.05, 4.69) is 85.3 Å². The van der Waals surface area contributed by atoms with Crippen LogP contribution in [0.3, 0.4) is 0 Å². The van der Waals surface area contributed by atoms with E-state index in [1.807, 2.05) is 20.8 Å². The maximum atomic E-state index is 12.4. The number of nitrogens with zero attached hydrogens (tertiary/aromatic N) is 5. The van der Waals surface area contributed by atoms with Gasteiger partial charge < -0.3 is 19.3 Å². The minimum Gasteiger partial charge on any atom is -0.444 e. The highest BCUT2D eigenvalue weighted by Gasteiger charge is 2.26. The summed E-state index contributed by atoms with van der Waals surface area (Å²) in [5.41, 5.74) is 4.42. The maximum Gasteiger partial charge on any atom is 0.410 e. The highest BCUT2D eigenvalue weighted by Crippen LogP contribution is 2.29. The third-order valence-electron chi connectivity index (χ3n) is 6.25. The van der Waals surface area contributed by atoms with Crippen LogP contribution >= 0.6 is 15.9 Å². The van der Waals surface area contributed by atoms with E-state index in [9.17, 15) is 4.79 Å². The molecule has 4 rings (SSSR count). The third kappa shape index (κ3) is 7.33. The van der Waals surface area contributed by atoms with Gasteiger partial charge in [0, 0.05) is 46.5 Å². The Balaban J connectivity index is 1.47. The number of ether oxygens (including phenoxy) is 2. The van der Waals surface area contributed by atoms with E-state index in [0.717, 1.165) is 53.8 Å². The molecule has 0 spiro atoms. The number of aromatic nitrogens is 3. The zero-order valence-corrected chi connectivity index (χ0v) is 25.3. The molecule has 0 N–H and O–H groups in total. The molecular formula is C27H38BrN5O3Si. The number of hydrogen-bond acceptors (Lipinski definition) is 6. The predicted octanol–water partition coefficient (Wildman–Crippen LogP) is 6.23. The van der Waals surface area contributed by atoms with Crippen molar-refractivity contribution in [2.45, 2.75) is 58.8 Å². The average Bonchev–Trinajstić information content (AvgIpc) is 3.18. The van der Waals surface area contributed by atoms with E-state index in [1.165, 1.54) is 0 Å². The highest BCUT2D eigenvalue weighted by atomic mass is 79.9. The Labute approximate surface area is 229 Å². The van der Waals surface area contributed by atoms with Crippen molar-refractivity contribution in [3.05, 3.63) is 41.1 Å². The number of rotatable bonds is 7. The molecule has 200 valence electrons. The van der Waals surface area contributed by atoms with Gasteiger partial charge in [-0.25, -0.2) is 14.8 Å². The zero-order chi connectivity index (χ0) is 26.8. The number of carbonyl (C=O) groups excluding carboxylic acids is 1. The van der Waals surface area contributed by atoms with Crippen molar-refractivity contribution in [1.82, 2.24) is 19.4 Å². The molecule has 1 aromatic carbocycles. The number of anilines is 1. The van der Waals surface area contributed by atoms with E-state index in [1.54, 1.807) is 11.1 Å². The lowest BCUT2D eigenvalue weighted by atomic mass is 10.1. The van der Waals surface area contributed by atoms with E-state index >= 15 is 0 Å². The Morgan fingerprint density at radius 2 is 1.76 bits per heavy atom. The van der Waals surface area contributed by atoms with Gasteiger partial charge in [-0.2, -0.15) is 0 Å². The Bertz CT molecular complexity index is 1230. The number of hydrogen-bond donors (Lipinski definition) is 0. The van der Waals surface area contributed by atoms with E-state index in [4.69, 9.17) is 9.47 Å². The molecule has 10 heteroatoms. The second kappa shape index (κ2) is 11.1. The topological polar surface area (TPSA) is 72.7 Å². The summed E-state index contributed by atoms with van der Waals surface area (Å²) in [6.07, 6.45) is 1.49. The quantitative estimate of drug-likeness (QED) is 0.241. The standard InChI is InChI=1S/C27H38BrN5O3Si/c1-27(2,3)36-26(34)32-13-11-31(12-14-32)21-9-7-20(8-10-21)23-17-22-25(29-18-24(28)30-22)33(23)19-35-15-16-37(4,5)6/h7-10,17-18H,11-16,19H2,1-6H3. The molecule has 3 heterocycles. The molecule has 0 bridgehead atoms. The summed E-state index contributed by atoms with van der Waals surface area (Å²) < 4.78 is 14.4. The van der Waals surface area contributed by atoms with Gasteiger partial charge in [-0.1, -0.05) is 31.8 Å². The van der Waals surface area contributed by atoms with Gasteiger partial charge >= 0.3 is 6.09 Å². The number of carbonyl (C=O) groups is 1. The number of benzene rings is 1. The van der Waals surface area contributed by atoms with Crippen molar-refractivity contribution in [2.75, 3.05) is 37.7 Å². The first-order valence-corrected chi connectivity index (χ1v) is 17.3. The highest BCUT2D eigenvalue weighted by molar-refractivity contribution is 9.10. The molecular weight excluding hydrogens is 550 g/mol. The SMILES string of the molecule is CC(C)(C)OC(=O)N1CCN(c2ccc(-c3cc4nc(Br)cnc4n3COCC[Si](C)(C)C)cc2)CC1. The van der Waals surface area contributed by atoms with Gasteiger partial charge in [0.25, 0.3) is 0 Å². The summed E-state index contributed by atoms with van der Waals surface area (Å²) in [7, 11) is -1.16. The molecule has 1 aliphatic heterocycles. The summed E-state index contributed by atoms with van der Waals surface area (Å²) in [5, 5.41) is 0. The van der Waals surface area contributed by atoms with E-state index in [-0.39, 0.29) is 6.09 Å². The zero-order valence-electron chi connectivity index (χ0n) is 22.8. The fourth-order valence-corrected chi connectivity index (χ4v) is 5.27. The van der Waals surface area contributed by atoms with Gasteiger partial charge in [-0.05, 0) is 66.5 Å². The molecule has 2 aromatic heterocycles. The third-order valence-corrected chi connectivity index (χ3v) is 8.33. The Morgan fingerprint density at radius 3 is 2.38 bits per heavy atom. The van der Waals surface area contributed by atoms with Gasteiger partial charge in [0.15, 0.2) is 5.65 Å². The van der Waals surface area contributed by atoms with Crippen LogP contribution in [0.25, 0.3) is 22.4 Å². The van der Waals surface area contributed by atoms with Gasteiger partial charge in [-0.15, -0.1) is 0 Å². The summed E-state index contributed by atoms with van der Waals surface area (Å²) in [5.74, 6) is 0. The van der Waals surface area contributed by atoms with Crippen molar-refractivity contribution in [3.8, 4) is 11.3 Å². The number of piperazine rings is 1. The normalized spacial score (nSPS) is 14.9. The predicted molar refractivity (Wildman–Crippen MR) is 155 cm³/mol. The first-order valence-electron chi connectivity index (χ1n) is 12.8. The number of amides is 1. The van der Waals surface area contributed by atoms with Gasteiger partial charge in [0.2, 0.25) is 0 Å². The molecule has 1 aliphatic rings. The lowest BCUT2D eigenvalue weighted by molar-refractivity contribution is 0.0240. The second-order valence-electron chi connectivity index (χ2n) is 11.7. The molecule has 1 amide bonds. The van der Waals surface area contributed by atoms with Crippen LogP contribution in [0.5, 0.6) is 0 Å². The molecule has 8 nitrogen and oxygen atoms in total. The summed E-state index contributed by atoms with van der Waals surface area (Å²) >= 11 is 3.44. The van der Waals surface area contributed by atoms with Gasteiger partial charge in [0.05, 0.1) is 11.9 Å². The Hall–Kier alpha value is -2.43. The van der Waals surface area contributed by atoms with Gasteiger partial charge in [0.1, 0.15) is 22.5 Å². The van der Waals surface area contributed by atoms with E-state index < -0.39 is 13.7 Å². The van der Waals surface area contributed by atoms with Crippen LogP contribution in [-0.2, 0) is 16.2 Å². The molecule has 0 saturated carbocycles. The second-order valence-corrected chi connectivity index (χ2v) is 18.1.